The molecule has 0 saturated carbocycles. The van der Waals surface area contributed by atoms with Gasteiger partial charge in [0.2, 0.25) is 0 Å². The molecule has 0 saturated heterocycles. The first-order chi connectivity index (χ1) is 15.9. The van der Waals surface area contributed by atoms with Gasteiger partial charge < -0.3 is 14.8 Å². The lowest BCUT2D eigenvalue weighted by molar-refractivity contribution is -0.136. The van der Waals surface area contributed by atoms with Crippen molar-refractivity contribution in [3.8, 4) is 5.69 Å². The van der Waals surface area contributed by atoms with Crippen molar-refractivity contribution in [3.05, 3.63) is 120 Å². The number of para-hydroxylation sites is 2. The highest BCUT2D eigenvalue weighted by Gasteiger charge is 2.36. The van der Waals surface area contributed by atoms with Crippen molar-refractivity contribution >= 4 is 11.7 Å². The number of aromatic nitrogens is 1. The van der Waals surface area contributed by atoms with Gasteiger partial charge in [0.15, 0.2) is 0 Å². The number of halogens is 3. The zero-order valence-electron chi connectivity index (χ0n) is 17.5. The van der Waals surface area contributed by atoms with Crippen molar-refractivity contribution in [2.24, 2.45) is 0 Å². The fourth-order valence-electron chi connectivity index (χ4n) is 4.35. The zero-order chi connectivity index (χ0) is 23.0. The molecule has 0 radical (unpaired) electrons. The molecule has 1 aromatic heterocycles. The number of alkyl halides is 3. The quantitative estimate of drug-likeness (QED) is 0.368. The molecule has 3 aromatic carbocycles. The highest BCUT2D eigenvalue weighted by molar-refractivity contribution is 5.91. The maximum absolute atomic E-state index is 13.6. The lowest BCUT2D eigenvalue weighted by Crippen LogP contribution is -2.38. The molecular weight excluding hydrogens is 427 g/mol. The van der Waals surface area contributed by atoms with Crippen LogP contribution in [0.5, 0.6) is 0 Å². The van der Waals surface area contributed by atoms with Gasteiger partial charge in [-0.05, 0) is 41.5 Å². The Labute approximate surface area is 188 Å². The van der Waals surface area contributed by atoms with Gasteiger partial charge in [0.25, 0.3) is 0 Å². The van der Waals surface area contributed by atoms with E-state index in [-0.39, 0.29) is 12.2 Å². The Hall–Kier alpha value is -4.00. The van der Waals surface area contributed by atoms with Crippen LogP contribution in [0.3, 0.4) is 0 Å². The van der Waals surface area contributed by atoms with Gasteiger partial charge in [-0.1, -0.05) is 60.7 Å². The third-order valence-corrected chi connectivity index (χ3v) is 5.81. The molecule has 0 spiro atoms. The molecule has 0 aliphatic carbocycles. The Kier molecular flexibility index (Phi) is 5.17. The molecule has 1 atom stereocenters. The smallest absolute Gasteiger partial charge is 0.318 e. The number of carbonyl (C=O) groups is 1. The third-order valence-electron chi connectivity index (χ3n) is 5.81. The summed E-state index contributed by atoms with van der Waals surface area (Å²) in [6.45, 7) is 0.234. The summed E-state index contributed by atoms with van der Waals surface area (Å²) in [4.78, 5) is 15.1. The van der Waals surface area contributed by atoms with E-state index in [0.29, 0.717) is 0 Å². The Balaban J connectivity index is 1.62. The van der Waals surface area contributed by atoms with E-state index < -0.39 is 23.8 Å². The van der Waals surface area contributed by atoms with E-state index in [1.54, 1.807) is 4.90 Å². The highest BCUT2D eigenvalue weighted by Crippen LogP contribution is 2.38. The molecule has 2 amide bonds. The molecule has 1 unspecified atom stereocenters. The number of rotatable bonds is 2. The van der Waals surface area contributed by atoms with Gasteiger partial charge in [-0.2, -0.15) is 13.2 Å². The van der Waals surface area contributed by atoms with Crippen LogP contribution in [-0.4, -0.2) is 15.5 Å². The van der Waals surface area contributed by atoms with Crippen molar-refractivity contribution < 1.29 is 18.0 Å². The average molecular weight is 447 g/mol. The number of nitrogens with one attached hydrogen (secondary N) is 1. The van der Waals surface area contributed by atoms with Crippen molar-refractivity contribution in [3.63, 3.8) is 0 Å². The number of amides is 2. The third kappa shape index (κ3) is 3.86. The minimum atomic E-state index is -4.58. The lowest BCUT2D eigenvalue weighted by Gasteiger charge is -2.31. The van der Waals surface area contributed by atoms with Crippen LogP contribution in [0, 0.1) is 0 Å². The second kappa shape index (κ2) is 8.16. The van der Waals surface area contributed by atoms with E-state index in [0.717, 1.165) is 28.6 Å². The molecule has 0 fully saturated rings. The SMILES string of the molecule is O=C(Nc1ccccc1C(F)(F)F)N1Cc2ccccc2-n2cccc2C1c1ccccc1. The fraction of sp³-hybridized carbons (Fsp3) is 0.115. The number of hydrogen-bond acceptors (Lipinski definition) is 1. The van der Waals surface area contributed by atoms with Gasteiger partial charge in [0.05, 0.1) is 29.5 Å². The van der Waals surface area contributed by atoms with Gasteiger partial charge >= 0.3 is 12.2 Å². The first-order valence-electron chi connectivity index (χ1n) is 10.5. The average Bonchev–Trinajstić information content (AvgIpc) is 3.23. The predicted molar refractivity (Wildman–Crippen MR) is 120 cm³/mol. The number of anilines is 1. The number of fused-ring (bicyclic) bond motifs is 3. The highest BCUT2D eigenvalue weighted by atomic mass is 19.4. The Morgan fingerprint density at radius 2 is 1.55 bits per heavy atom. The number of carbonyl (C=O) groups excluding carboxylic acids is 1. The zero-order valence-corrected chi connectivity index (χ0v) is 17.5. The molecule has 2 heterocycles. The van der Waals surface area contributed by atoms with Gasteiger partial charge in [-0.25, -0.2) is 4.79 Å². The number of urea groups is 1. The summed E-state index contributed by atoms with van der Waals surface area (Å²) in [5.41, 5.74) is 2.40. The van der Waals surface area contributed by atoms with Crippen LogP contribution in [0.25, 0.3) is 5.69 Å². The lowest BCUT2D eigenvalue weighted by atomic mass is 10.0. The van der Waals surface area contributed by atoms with Crippen molar-refractivity contribution in [1.82, 2.24) is 9.47 Å². The van der Waals surface area contributed by atoms with E-state index in [2.05, 4.69) is 5.32 Å². The number of benzene rings is 3. The Morgan fingerprint density at radius 3 is 2.33 bits per heavy atom. The van der Waals surface area contributed by atoms with Crippen LogP contribution in [0.2, 0.25) is 0 Å². The second-order valence-corrected chi connectivity index (χ2v) is 7.85. The number of nitrogens with zero attached hydrogens (tertiary/aromatic N) is 2. The summed E-state index contributed by atoms with van der Waals surface area (Å²) in [6, 6.07) is 25.0. The summed E-state index contributed by atoms with van der Waals surface area (Å²) < 4.78 is 42.6. The van der Waals surface area contributed by atoms with Gasteiger partial charge in [-0.15, -0.1) is 0 Å². The van der Waals surface area contributed by atoms with Crippen LogP contribution in [0.1, 0.15) is 28.4 Å². The molecule has 166 valence electrons. The molecule has 1 N–H and O–H groups in total. The van der Waals surface area contributed by atoms with Crippen molar-refractivity contribution in [2.45, 2.75) is 18.8 Å². The van der Waals surface area contributed by atoms with E-state index in [1.807, 2.05) is 77.5 Å². The maximum Gasteiger partial charge on any atom is 0.418 e. The van der Waals surface area contributed by atoms with E-state index in [4.69, 9.17) is 0 Å². The van der Waals surface area contributed by atoms with Crippen LogP contribution in [0.4, 0.5) is 23.7 Å². The standard InChI is InChI=1S/C26H20F3N3O/c27-26(28,29)20-12-5-6-13-21(20)30-25(33)32-17-19-11-4-7-14-22(19)31-16-8-15-23(31)24(32)18-9-2-1-3-10-18/h1-16,24H,17H2,(H,30,33). The van der Waals surface area contributed by atoms with E-state index >= 15 is 0 Å². The largest absolute Gasteiger partial charge is 0.418 e. The van der Waals surface area contributed by atoms with Gasteiger partial charge in [-0.3, -0.25) is 0 Å². The van der Waals surface area contributed by atoms with Crippen molar-refractivity contribution in [1.29, 1.82) is 0 Å². The molecule has 1 aliphatic rings. The first-order valence-corrected chi connectivity index (χ1v) is 10.5. The summed E-state index contributed by atoms with van der Waals surface area (Å²) in [5, 5.41) is 2.53. The molecule has 0 bridgehead atoms. The Bertz CT molecular complexity index is 1300. The van der Waals surface area contributed by atoms with Gasteiger partial charge in [0, 0.05) is 11.9 Å². The molecule has 1 aliphatic heterocycles. The van der Waals surface area contributed by atoms with Gasteiger partial charge in [0.1, 0.15) is 0 Å². The maximum atomic E-state index is 13.6. The summed E-state index contributed by atoms with van der Waals surface area (Å²) in [7, 11) is 0. The molecule has 7 heteroatoms. The van der Waals surface area contributed by atoms with Crippen LogP contribution >= 0.6 is 0 Å². The molecule has 4 nitrogen and oxygen atoms in total. The number of hydrogen-bond donors (Lipinski definition) is 1. The minimum Gasteiger partial charge on any atom is -0.318 e. The van der Waals surface area contributed by atoms with Crippen LogP contribution in [-0.2, 0) is 12.7 Å². The molecular formula is C26H20F3N3O. The predicted octanol–water partition coefficient (Wildman–Crippen LogP) is 6.63. The van der Waals surface area contributed by atoms with Crippen LogP contribution in [0.15, 0.2) is 97.2 Å². The second-order valence-electron chi connectivity index (χ2n) is 7.85. The summed E-state index contributed by atoms with van der Waals surface area (Å²) >= 11 is 0. The van der Waals surface area contributed by atoms with E-state index in [9.17, 15) is 18.0 Å². The van der Waals surface area contributed by atoms with Crippen LogP contribution < -0.4 is 5.32 Å². The molecule has 4 aromatic rings. The topological polar surface area (TPSA) is 37.3 Å². The first kappa shape index (κ1) is 20.9. The van der Waals surface area contributed by atoms with E-state index in [1.165, 1.54) is 18.2 Å². The summed E-state index contributed by atoms with van der Waals surface area (Å²) in [5.74, 6) is 0. The van der Waals surface area contributed by atoms with Crippen molar-refractivity contribution in [2.75, 3.05) is 5.32 Å². The monoisotopic (exact) mass is 447 g/mol. The summed E-state index contributed by atoms with van der Waals surface area (Å²) in [6.07, 6.45) is -2.65. The minimum absolute atomic E-state index is 0.234. The molecule has 33 heavy (non-hydrogen) atoms. The molecule has 5 rings (SSSR count). The normalized spacial score (nSPS) is 15.4. The Morgan fingerprint density at radius 1 is 0.848 bits per heavy atom. The fourth-order valence-corrected chi connectivity index (χ4v) is 4.35.